The lowest BCUT2D eigenvalue weighted by Gasteiger charge is -2.38. The monoisotopic (exact) mass is 382 g/mol. The Morgan fingerprint density at radius 3 is 2.29 bits per heavy atom. The second-order valence-corrected chi connectivity index (χ2v) is 7.80. The second-order valence-electron chi connectivity index (χ2n) is 7.80. The number of carbonyl (C=O) groups is 1. The van der Waals surface area contributed by atoms with Crippen LogP contribution in [0.2, 0.25) is 0 Å². The predicted octanol–water partition coefficient (Wildman–Crippen LogP) is 3.44. The molecule has 1 N–H and O–H groups in total. The molecule has 1 unspecified atom stereocenters. The lowest BCUT2D eigenvalue weighted by atomic mass is 9.85. The van der Waals surface area contributed by atoms with Gasteiger partial charge in [-0.25, -0.2) is 9.18 Å². The van der Waals surface area contributed by atoms with Crippen molar-refractivity contribution in [3.63, 3.8) is 0 Å². The van der Waals surface area contributed by atoms with Crippen molar-refractivity contribution in [1.82, 2.24) is 20.1 Å². The first-order chi connectivity index (χ1) is 13.7. The zero-order valence-corrected chi connectivity index (χ0v) is 16.1. The van der Waals surface area contributed by atoms with Gasteiger partial charge >= 0.3 is 6.03 Å². The Bertz CT molecular complexity index is 771. The SMILES string of the molecule is O=C(NC(c1ccncc1)c1ccc(F)cc1)N1CCN(CC2CCC2)CC1. The van der Waals surface area contributed by atoms with Crippen molar-refractivity contribution < 1.29 is 9.18 Å². The maximum atomic E-state index is 13.4. The zero-order valence-electron chi connectivity index (χ0n) is 16.1. The first kappa shape index (κ1) is 18.9. The van der Waals surface area contributed by atoms with Crippen LogP contribution in [0.25, 0.3) is 0 Å². The van der Waals surface area contributed by atoms with E-state index in [1.54, 1.807) is 24.5 Å². The molecular formula is C22H27FN4O. The Balaban J connectivity index is 1.40. The van der Waals surface area contributed by atoms with Gasteiger partial charge in [0.15, 0.2) is 0 Å². The third kappa shape index (κ3) is 4.50. The maximum Gasteiger partial charge on any atom is 0.318 e. The van der Waals surface area contributed by atoms with Gasteiger partial charge in [0.1, 0.15) is 5.82 Å². The summed E-state index contributed by atoms with van der Waals surface area (Å²) in [5.74, 6) is 0.570. The highest BCUT2D eigenvalue weighted by Gasteiger charge is 2.27. The molecule has 1 aromatic carbocycles. The van der Waals surface area contributed by atoms with E-state index in [1.807, 2.05) is 17.0 Å². The van der Waals surface area contributed by atoms with Crippen molar-refractivity contribution in [3.8, 4) is 0 Å². The molecule has 2 amide bonds. The van der Waals surface area contributed by atoms with E-state index >= 15 is 0 Å². The summed E-state index contributed by atoms with van der Waals surface area (Å²) in [7, 11) is 0. The number of piperazine rings is 1. The molecule has 0 bridgehead atoms. The molecule has 1 saturated heterocycles. The van der Waals surface area contributed by atoms with Crippen LogP contribution in [-0.4, -0.2) is 53.5 Å². The summed E-state index contributed by atoms with van der Waals surface area (Å²) in [6.07, 6.45) is 7.49. The molecule has 148 valence electrons. The summed E-state index contributed by atoms with van der Waals surface area (Å²) in [5.41, 5.74) is 1.78. The van der Waals surface area contributed by atoms with Crippen LogP contribution in [0.15, 0.2) is 48.8 Å². The molecule has 1 aliphatic heterocycles. The highest BCUT2D eigenvalue weighted by atomic mass is 19.1. The van der Waals surface area contributed by atoms with Crippen molar-refractivity contribution >= 4 is 6.03 Å². The van der Waals surface area contributed by atoms with Crippen LogP contribution in [0.1, 0.15) is 36.4 Å². The van der Waals surface area contributed by atoms with Gasteiger partial charge in [-0.3, -0.25) is 9.88 Å². The van der Waals surface area contributed by atoms with Gasteiger partial charge < -0.3 is 10.2 Å². The third-order valence-corrected chi connectivity index (χ3v) is 5.91. The number of hydrogen-bond donors (Lipinski definition) is 1. The van der Waals surface area contributed by atoms with E-state index < -0.39 is 0 Å². The van der Waals surface area contributed by atoms with E-state index in [4.69, 9.17) is 0 Å². The number of aromatic nitrogens is 1. The fourth-order valence-corrected chi connectivity index (χ4v) is 3.96. The summed E-state index contributed by atoms with van der Waals surface area (Å²) in [5, 5.41) is 3.13. The van der Waals surface area contributed by atoms with Gasteiger partial charge in [0.05, 0.1) is 6.04 Å². The number of amides is 2. The number of benzene rings is 1. The summed E-state index contributed by atoms with van der Waals surface area (Å²) in [6.45, 7) is 4.52. The molecule has 28 heavy (non-hydrogen) atoms. The van der Waals surface area contributed by atoms with E-state index in [9.17, 15) is 9.18 Å². The number of carbonyl (C=O) groups excluding carboxylic acids is 1. The second kappa shape index (κ2) is 8.69. The standard InChI is InChI=1S/C22H27FN4O/c23-20-6-4-18(5-7-20)21(19-8-10-24-11-9-19)25-22(28)27-14-12-26(13-15-27)16-17-2-1-3-17/h4-11,17,21H,1-3,12-16H2,(H,25,28). The smallest absolute Gasteiger partial charge is 0.318 e. The van der Waals surface area contributed by atoms with Gasteiger partial charge in [-0.2, -0.15) is 0 Å². The van der Waals surface area contributed by atoms with Crippen LogP contribution in [0.3, 0.4) is 0 Å². The van der Waals surface area contributed by atoms with Gasteiger partial charge in [0, 0.05) is 45.1 Å². The van der Waals surface area contributed by atoms with E-state index in [1.165, 1.54) is 37.9 Å². The molecule has 1 aliphatic carbocycles. The lowest BCUT2D eigenvalue weighted by molar-refractivity contribution is 0.110. The minimum atomic E-state index is -0.330. The van der Waals surface area contributed by atoms with Crippen molar-refractivity contribution in [1.29, 1.82) is 0 Å². The molecule has 2 fully saturated rings. The van der Waals surface area contributed by atoms with Gasteiger partial charge in [-0.05, 0) is 54.2 Å². The molecule has 5 nitrogen and oxygen atoms in total. The summed E-state index contributed by atoms with van der Waals surface area (Å²) < 4.78 is 13.4. The molecule has 0 spiro atoms. The van der Waals surface area contributed by atoms with Crippen molar-refractivity contribution in [2.24, 2.45) is 5.92 Å². The quantitative estimate of drug-likeness (QED) is 0.862. The Kier molecular flexibility index (Phi) is 5.86. The van der Waals surface area contributed by atoms with Crippen LogP contribution in [-0.2, 0) is 0 Å². The Hall–Kier alpha value is -2.47. The summed E-state index contributed by atoms with van der Waals surface area (Å²) >= 11 is 0. The molecule has 2 aromatic rings. The normalized spacial score (nSPS) is 19.1. The minimum absolute atomic E-state index is 0.0746. The molecular weight excluding hydrogens is 355 g/mol. The minimum Gasteiger partial charge on any atom is -0.327 e. The highest BCUT2D eigenvalue weighted by molar-refractivity contribution is 5.75. The third-order valence-electron chi connectivity index (χ3n) is 5.91. The lowest BCUT2D eigenvalue weighted by Crippen LogP contribution is -2.53. The fourth-order valence-electron chi connectivity index (χ4n) is 3.96. The topological polar surface area (TPSA) is 48.5 Å². The number of nitrogens with one attached hydrogen (secondary N) is 1. The average molecular weight is 382 g/mol. The average Bonchev–Trinajstić information content (AvgIpc) is 2.71. The Labute approximate surface area is 165 Å². The number of urea groups is 1. The van der Waals surface area contributed by atoms with Gasteiger partial charge in [0.2, 0.25) is 0 Å². The predicted molar refractivity (Wildman–Crippen MR) is 106 cm³/mol. The molecule has 1 atom stereocenters. The molecule has 2 heterocycles. The van der Waals surface area contributed by atoms with E-state index in [2.05, 4.69) is 15.2 Å². The summed E-state index contributed by atoms with van der Waals surface area (Å²) in [4.78, 5) is 21.3. The zero-order chi connectivity index (χ0) is 19.3. The maximum absolute atomic E-state index is 13.4. The number of rotatable bonds is 5. The van der Waals surface area contributed by atoms with Crippen LogP contribution < -0.4 is 5.32 Å². The van der Waals surface area contributed by atoms with Crippen LogP contribution >= 0.6 is 0 Å². The number of halogens is 1. The molecule has 1 aromatic heterocycles. The first-order valence-electron chi connectivity index (χ1n) is 10.1. The van der Waals surface area contributed by atoms with E-state index in [-0.39, 0.29) is 17.9 Å². The van der Waals surface area contributed by atoms with Crippen LogP contribution in [0.5, 0.6) is 0 Å². The largest absolute Gasteiger partial charge is 0.327 e. The first-order valence-corrected chi connectivity index (χ1v) is 10.1. The molecule has 6 heteroatoms. The molecule has 1 saturated carbocycles. The fraction of sp³-hybridized carbons (Fsp3) is 0.455. The van der Waals surface area contributed by atoms with Gasteiger partial charge in [-0.15, -0.1) is 0 Å². The van der Waals surface area contributed by atoms with Crippen LogP contribution in [0.4, 0.5) is 9.18 Å². The molecule has 4 rings (SSSR count). The van der Waals surface area contributed by atoms with Gasteiger partial charge in [-0.1, -0.05) is 18.6 Å². The van der Waals surface area contributed by atoms with E-state index in [0.29, 0.717) is 0 Å². The Morgan fingerprint density at radius 1 is 1.04 bits per heavy atom. The van der Waals surface area contributed by atoms with Crippen molar-refractivity contribution in [3.05, 3.63) is 65.7 Å². The number of pyridine rings is 1. The summed E-state index contributed by atoms with van der Waals surface area (Å²) in [6, 6.07) is 9.65. The number of hydrogen-bond acceptors (Lipinski definition) is 3. The van der Waals surface area contributed by atoms with Gasteiger partial charge in [0.25, 0.3) is 0 Å². The van der Waals surface area contributed by atoms with Crippen molar-refractivity contribution in [2.45, 2.75) is 25.3 Å². The Morgan fingerprint density at radius 2 is 1.68 bits per heavy atom. The highest BCUT2D eigenvalue weighted by Crippen LogP contribution is 2.27. The molecule has 2 aliphatic rings. The molecule has 0 radical (unpaired) electrons. The van der Waals surface area contributed by atoms with Crippen molar-refractivity contribution in [2.75, 3.05) is 32.7 Å². The van der Waals surface area contributed by atoms with Crippen LogP contribution in [0, 0.1) is 11.7 Å². The number of nitrogens with zero attached hydrogens (tertiary/aromatic N) is 3. The van der Waals surface area contributed by atoms with E-state index in [0.717, 1.165) is 43.2 Å².